The van der Waals surface area contributed by atoms with Crippen LogP contribution in [0.1, 0.15) is 30.9 Å². The zero-order valence-corrected chi connectivity index (χ0v) is 14.0. The maximum absolute atomic E-state index is 12.5. The first kappa shape index (κ1) is 16.8. The molecule has 1 amide bonds. The third kappa shape index (κ3) is 4.21. The molecule has 0 aliphatic heterocycles. The molecule has 1 aromatic carbocycles. The molecule has 1 heterocycles. The Balaban J connectivity index is 2.13. The van der Waals surface area contributed by atoms with Crippen molar-refractivity contribution in [3.63, 3.8) is 0 Å². The van der Waals surface area contributed by atoms with Gasteiger partial charge in [0.2, 0.25) is 5.91 Å². The first-order chi connectivity index (χ1) is 10.5. The van der Waals surface area contributed by atoms with Crippen LogP contribution in [0.4, 0.5) is 0 Å². The molecular formula is C17H18Cl2N2O. The van der Waals surface area contributed by atoms with Crippen LogP contribution in [0.3, 0.4) is 0 Å². The van der Waals surface area contributed by atoms with Crippen molar-refractivity contribution in [1.29, 1.82) is 0 Å². The summed E-state index contributed by atoms with van der Waals surface area (Å²) in [5.41, 5.74) is 1.83. The molecule has 1 unspecified atom stereocenters. The Morgan fingerprint density at radius 1 is 1.23 bits per heavy atom. The van der Waals surface area contributed by atoms with Crippen molar-refractivity contribution in [2.24, 2.45) is 5.92 Å². The smallest absolute Gasteiger partial charge is 0.228 e. The Labute approximate surface area is 140 Å². The van der Waals surface area contributed by atoms with Gasteiger partial charge in [0.1, 0.15) is 0 Å². The van der Waals surface area contributed by atoms with E-state index in [-0.39, 0.29) is 17.7 Å². The molecule has 0 saturated heterocycles. The molecule has 2 rings (SSSR count). The average Bonchev–Trinajstić information content (AvgIpc) is 2.50. The third-order valence-electron chi connectivity index (χ3n) is 3.44. The zero-order valence-electron chi connectivity index (χ0n) is 12.5. The number of halogens is 2. The second-order valence-electron chi connectivity index (χ2n) is 5.47. The van der Waals surface area contributed by atoms with Crippen molar-refractivity contribution in [2.75, 3.05) is 0 Å². The van der Waals surface area contributed by atoms with Crippen molar-refractivity contribution in [3.05, 3.63) is 63.9 Å². The fourth-order valence-electron chi connectivity index (χ4n) is 2.35. The van der Waals surface area contributed by atoms with Gasteiger partial charge in [-0.3, -0.25) is 9.78 Å². The molecular weight excluding hydrogens is 319 g/mol. The lowest BCUT2D eigenvalue weighted by Gasteiger charge is -2.21. The van der Waals surface area contributed by atoms with E-state index in [2.05, 4.69) is 10.3 Å². The van der Waals surface area contributed by atoms with Crippen LogP contribution in [-0.4, -0.2) is 10.9 Å². The number of nitrogens with zero attached hydrogens (tertiary/aromatic N) is 1. The van der Waals surface area contributed by atoms with Gasteiger partial charge in [0.15, 0.2) is 0 Å². The largest absolute Gasteiger partial charge is 0.351 e. The summed E-state index contributed by atoms with van der Waals surface area (Å²) in [5, 5.41) is 3.91. The number of hydrogen-bond donors (Lipinski definition) is 1. The van der Waals surface area contributed by atoms with Crippen LogP contribution in [0.15, 0.2) is 42.7 Å². The fourth-order valence-corrected chi connectivity index (χ4v) is 2.65. The topological polar surface area (TPSA) is 42.0 Å². The van der Waals surface area contributed by atoms with Gasteiger partial charge in [-0.2, -0.15) is 0 Å². The SMILES string of the molecule is CC(C)C(C(=O)NCc1cccnc1)c1ccc(Cl)c(Cl)c1. The number of benzene rings is 1. The maximum atomic E-state index is 12.5. The Morgan fingerprint density at radius 3 is 2.59 bits per heavy atom. The van der Waals surface area contributed by atoms with Crippen molar-refractivity contribution < 1.29 is 4.79 Å². The molecule has 0 saturated carbocycles. The molecule has 1 N–H and O–H groups in total. The highest BCUT2D eigenvalue weighted by atomic mass is 35.5. The van der Waals surface area contributed by atoms with Gasteiger partial charge in [-0.1, -0.05) is 49.2 Å². The monoisotopic (exact) mass is 336 g/mol. The number of nitrogens with one attached hydrogen (secondary N) is 1. The van der Waals surface area contributed by atoms with E-state index in [4.69, 9.17) is 23.2 Å². The predicted octanol–water partition coefficient (Wildman–Crippen LogP) is 4.44. The summed E-state index contributed by atoms with van der Waals surface area (Å²) in [5.74, 6) is -0.158. The van der Waals surface area contributed by atoms with E-state index in [1.165, 1.54) is 0 Å². The van der Waals surface area contributed by atoms with Crippen LogP contribution in [0.5, 0.6) is 0 Å². The van der Waals surface area contributed by atoms with Crippen LogP contribution in [0.2, 0.25) is 10.0 Å². The number of rotatable bonds is 5. The van der Waals surface area contributed by atoms with Gasteiger partial charge in [0.25, 0.3) is 0 Å². The van der Waals surface area contributed by atoms with Gasteiger partial charge >= 0.3 is 0 Å². The molecule has 0 fully saturated rings. The minimum absolute atomic E-state index is 0.0303. The maximum Gasteiger partial charge on any atom is 0.228 e. The first-order valence-electron chi connectivity index (χ1n) is 7.10. The molecule has 5 heteroatoms. The quantitative estimate of drug-likeness (QED) is 0.876. The molecule has 0 bridgehead atoms. The second-order valence-corrected chi connectivity index (χ2v) is 6.29. The van der Waals surface area contributed by atoms with Gasteiger partial charge in [-0.25, -0.2) is 0 Å². The van der Waals surface area contributed by atoms with Crippen molar-refractivity contribution in [1.82, 2.24) is 10.3 Å². The Kier molecular flexibility index (Phi) is 5.81. The van der Waals surface area contributed by atoms with E-state index < -0.39 is 0 Å². The molecule has 1 aromatic heterocycles. The highest BCUT2D eigenvalue weighted by Crippen LogP contribution is 2.30. The van der Waals surface area contributed by atoms with Crippen molar-refractivity contribution in [2.45, 2.75) is 26.3 Å². The standard InChI is InChI=1S/C17H18Cl2N2O/c1-11(2)16(13-5-6-14(18)15(19)8-13)17(22)21-10-12-4-3-7-20-9-12/h3-9,11,16H,10H2,1-2H3,(H,21,22). The second kappa shape index (κ2) is 7.61. The van der Waals surface area contributed by atoms with Crippen LogP contribution in [-0.2, 0) is 11.3 Å². The normalized spacial score (nSPS) is 12.2. The minimum atomic E-state index is -0.272. The zero-order chi connectivity index (χ0) is 16.1. The van der Waals surface area contributed by atoms with Crippen molar-refractivity contribution in [3.8, 4) is 0 Å². The van der Waals surface area contributed by atoms with E-state index in [0.29, 0.717) is 16.6 Å². The molecule has 0 aliphatic carbocycles. The van der Waals surface area contributed by atoms with Gasteiger partial charge in [0, 0.05) is 18.9 Å². The first-order valence-corrected chi connectivity index (χ1v) is 7.86. The molecule has 116 valence electrons. The summed E-state index contributed by atoms with van der Waals surface area (Å²) in [6, 6.07) is 9.11. The third-order valence-corrected chi connectivity index (χ3v) is 4.18. The van der Waals surface area contributed by atoms with E-state index in [0.717, 1.165) is 11.1 Å². The number of amides is 1. The van der Waals surface area contributed by atoms with Crippen LogP contribution in [0.25, 0.3) is 0 Å². The fraction of sp³-hybridized carbons (Fsp3) is 0.294. The molecule has 3 nitrogen and oxygen atoms in total. The van der Waals surface area contributed by atoms with E-state index in [9.17, 15) is 4.79 Å². The minimum Gasteiger partial charge on any atom is -0.351 e. The lowest BCUT2D eigenvalue weighted by Crippen LogP contribution is -2.31. The molecule has 22 heavy (non-hydrogen) atoms. The molecule has 0 spiro atoms. The van der Waals surface area contributed by atoms with Gasteiger partial charge in [-0.15, -0.1) is 0 Å². The van der Waals surface area contributed by atoms with Crippen LogP contribution in [0, 0.1) is 5.92 Å². The summed E-state index contributed by atoms with van der Waals surface area (Å²) >= 11 is 12.0. The molecule has 0 aliphatic rings. The number of carbonyl (C=O) groups is 1. The van der Waals surface area contributed by atoms with E-state index >= 15 is 0 Å². The number of pyridine rings is 1. The summed E-state index contributed by atoms with van der Waals surface area (Å²) < 4.78 is 0. The summed E-state index contributed by atoms with van der Waals surface area (Å²) in [4.78, 5) is 16.6. The number of hydrogen-bond acceptors (Lipinski definition) is 2. The van der Waals surface area contributed by atoms with Gasteiger partial charge in [0.05, 0.1) is 16.0 Å². The lowest BCUT2D eigenvalue weighted by atomic mass is 9.87. The van der Waals surface area contributed by atoms with E-state index in [1.807, 2.05) is 32.0 Å². The van der Waals surface area contributed by atoms with Crippen LogP contribution < -0.4 is 5.32 Å². The van der Waals surface area contributed by atoms with Crippen LogP contribution >= 0.6 is 23.2 Å². The summed E-state index contributed by atoms with van der Waals surface area (Å²) in [6.45, 7) is 4.48. The molecule has 1 atom stereocenters. The Hall–Kier alpha value is -1.58. The summed E-state index contributed by atoms with van der Waals surface area (Å²) in [7, 11) is 0. The lowest BCUT2D eigenvalue weighted by molar-refractivity contribution is -0.123. The highest BCUT2D eigenvalue weighted by Gasteiger charge is 2.24. The Morgan fingerprint density at radius 2 is 2.00 bits per heavy atom. The van der Waals surface area contributed by atoms with Gasteiger partial charge < -0.3 is 5.32 Å². The summed E-state index contributed by atoms with van der Waals surface area (Å²) in [6.07, 6.45) is 3.45. The average molecular weight is 337 g/mol. The highest BCUT2D eigenvalue weighted by molar-refractivity contribution is 6.42. The molecule has 2 aromatic rings. The Bertz CT molecular complexity index is 644. The number of carbonyl (C=O) groups excluding carboxylic acids is 1. The number of aromatic nitrogens is 1. The molecule has 0 radical (unpaired) electrons. The van der Waals surface area contributed by atoms with Crippen molar-refractivity contribution >= 4 is 29.1 Å². The van der Waals surface area contributed by atoms with E-state index in [1.54, 1.807) is 24.5 Å². The van der Waals surface area contributed by atoms with Gasteiger partial charge in [-0.05, 0) is 35.2 Å². The predicted molar refractivity (Wildman–Crippen MR) is 90.1 cm³/mol.